The molecule has 0 spiro atoms. The third-order valence-electron chi connectivity index (χ3n) is 5.81. The zero-order valence-corrected chi connectivity index (χ0v) is 18.9. The summed E-state index contributed by atoms with van der Waals surface area (Å²) in [5.74, 6) is -2.56. The number of carboxylic acid groups (broad SMARTS) is 1. The lowest BCUT2D eigenvalue weighted by molar-refractivity contribution is -0.359. The summed E-state index contributed by atoms with van der Waals surface area (Å²) in [7, 11) is 1.35. The predicted octanol–water partition coefficient (Wildman–Crippen LogP) is -3.62. The molecular formula is C19H32N5O10-. The normalized spacial score (nSPS) is 38.1. The van der Waals surface area contributed by atoms with Gasteiger partial charge in [0.05, 0.1) is 24.7 Å². The molecule has 0 amide bonds. The molecule has 0 aliphatic carbocycles. The molecule has 0 radical (unpaired) electrons. The van der Waals surface area contributed by atoms with E-state index in [2.05, 4.69) is 20.7 Å². The molecule has 10 atom stereocenters. The number of hydrogen-bond acceptors (Lipinski definition) is 13. The summed E-state index contributed by atoms with van der Waals surface area (Å²) in [5, 5.41) is 52.4. The Morgan fingerprint density at radius 3 is 2.59 bits per heavy atom. The van der Waals surface area contributed by atoms with Gasteiger partial charge in [0.1, 0.15) is 36.8 Å². The fraction of sp³-hybridized carbons (Fsp3) is 0.895. The molecule has 2 aliphatic rings. The molecule has 10 unspecified atom stereocenters. The van der Waals surface area contributed by atoms with Crippen molar-refractivity contribution in [3.05, 3.63) is 10.4 Å². The number of carboxylic acids is 1. The van der Waals surface area contributed by atoms with E-state index in [0.29, 0.717) is 25.8 Å². The maximum absolute atomic E-state index is 11.4. The Hall–Kier alpha value is -1.91. The summed E-state index contributed by atoms with van der Waals surface area (Å²) < 4.78 is 22.3. The van der Waals surface area contributed by atoms with Gasteiger partial charge in [0.2, 0.25) is 0 Å². The fourth-order valence-electron chi connectivity index (χ4n) is 3.95. The Labute approximate surface area is 195 Å². The largest absolute Gasteiger partial charge is 0.547 e. The number of aliphatic carboxylic acids is 1. The van der Waals surface area contributed by atoms with Crippen molar-refractivity contribution in [2.75, 3.05) is 33.3 Å². The summed E-state index contributed by atoms with van der Waals surface area (Å²) >= 11 is 0. The van der Waals surface area contributed by atoms with Crippen molar-refractivity contribution in [2.24, 2.45) is 11.0 Å². The number of nitrogens with one attached hydrogen (secondary N) is 2. The van der Waals surface area contributed by atoms with Crippen molar-refractivity contribution in [3.8, 4) is 0 Å². The molecule has 0 saturated carbocycles. The molecule has 2 aliphatic heterocycles. The predicted molar refractivity (Wildman–Crippen MR) is 111 cm³/mol. The van der Waals surface area contributed by atoms with Gasteiger partial charge in [0, 0.05) is 31.0 Å². The van der Waals surface area contributed by atoms with Crippen molar-refractivity contribution in [2.45, 2.75) is 68.6 Å². The second kappa shape index (κ2) is 13.8. The third kappa shape index (κ3) is 7.05. The molecule has 5 N–H and O–H groups in total. The number of rotatable bonds is 13. The molecule has 0 aromatic carbocycles. The SMILES string of the molecule is COC1OC(CNCCCN=[N+]=[N-])C(O)C(OC2OC(C(=O)[O-])C(C)C(O)C2O)C1NCC=O. The molecule has 15 nitrogen and oxygen atoms in total. The van der Waals surface area contributed by atoms with Crippen molar-refractivity contribution < 1.29 is 49.0 Å². The first-order chi connectivity index (χ1) is 16.3. The molecule has 0 aromatic rings. The van der Waals surface area contributed by atoms with Crippen molar-refractivity contribution in [1.29, 1.82) is 0 Å². The number of aliphatic hydroxyl groups excluding tert-OH is 3. The Bertz CT molecular complexity index is 711. The second-order valence-electron chi connectivity index (χ2n) is 8.07. The van der Waals surface area contributed by atoms with E-state index in [9.17, 15) is 30.0 Å². The monoisotopic (exact) mass is 490 g/mol. The maximum Gasteiger partial charge on any atom is 0.187 e. The van der Waals surface area contributed by atoms with E-state index in [4.69, 9.17) is 24.5 Å². The maximum atomic E-state index is 11.4. The highest BCUT2D eigenvalue weighted by atomic mass is 16.7. The molecule has 2 saturated heterocycles. The van der Waals surface area contributed by atoms with Crippen molar-refractivity contribution in [1.82, 2.24) is 10.6 Å². The number of nitrogens with zero attached hydrogens (tertiary/aromatic N) is 3. The number of azide groups is 1. The summed E-state index contributed by atoms with van der Waals surface area (Å²) in [5.41, 5.74) is 8.31. The number of methoxy groups -OCH3 is 1. The van der Waals surface area contributed by atoms with Gasteiger partial charge in [-0.25, -0.2) is 0 Å². The number of ether oxygens (including phenoxy) is 4. The van der Waals surface area contributed by atoms with Crippen LogP contribution in [-0.4, -0.2) is 116 Å². The Kier molecular flexibility index (Phi) is 11.5. The molecule has 2 fully saturated rings. The van der Waals surface area contributed by atoms with Crippen LogP contribution in [0.15, 0.2) is 5.11 Å². The summed E-state index contributed by atoms with van der Waals surface area (Å²) in [4.78, 5) is 25.0. The minimum Gasteiger partial charge on any atom is -0.547 e. The van der Waals surface area contributed by atoms with Crippen LogP contribution in [0.5, 0.6) is 0 Å². The fourth-order valence-corrected chi connectivity index (χ4v) is 3.95. The molecular weight excluding hydrogens is 458 g/mol. The summed E-state index contributed by atoms with van der Waals surface area (Å²) in [6, 6.07) is -0.917. The summed E-state index contributed by atoms with van der Waals surface area (Å²) in [6.07, 6.45) is -9.57. The molecule has 2 heterocycles. The van der Waals surface area contributed by atoms with Crippen molar-refractivity contribution >= 4 is 12.3 Å². The smallest absolute Gasteiger partial charge is 0.187 e. The van der Waals surface area contributed by atoms with E-state index in [1.54, 1.807) is 0 Å². The zero-order valence-electron chi connectivity index (χ0n) is 18.9. The minimum atomic E-state index is -1.62. The number of aldehydes is 1. The molecule has 0 aromatic heterocycles. The van der Waals surface area contributed by atoms with E-state index >= 15 is 0 Å². The van der Waals surface area contributed by atoms with Gasteiger partial charge in [-0.05, 0) is 18.5 Å². The van der Waals surface area contributed by atoms with Crippen LogP contribution in [0.1, 0.15) is 13.3 Å². The topological polar surface area (TPSA) is 228 Å². The lowest BCUT2D eigenvalue weighted by Gasteiger charge is -2.48. The highest BCUT2D eigenvalue weighted by molar-refractivity contribution is 5.70. The lowest BCUT2D eigenvalue weighted by Crippen LogP contribution is -2.68. The molecule has 2 rings (SSSR count). The molecule has 194 valence electrons. The zero-order chi connectivity index (χ0) is 25.3. The number of hydrogen-bond donors (Lipinski definition) is 5. The van der Waals surface area contributed by atoms with Crippen molar-refractivity contribution in [3.63, 3.8) is 0 Å². The second-order valence-corrected chi connectivity index (χ2v) is 8.07. The first-order valence-corrected chi connectivity index (χ1v) is 10.9. The first-order valence-electron chi connectivity index (χ1n) is 10.9. The summed E-state index contributed by atoms with van der Waals surface area (Å²) in [6.45, 7) is 2.14. The van der Waals surface area contributed by atoms with Gasteiger partial charge in [-0.1, -0.05) is 12.0 Å². The minimum absolute atomic E-state index is 0.141. The van der Waals surface area contributed by atoms with E-state index in [-0.39, 0.29) is 13.1 Å². The van der Waals surface area contributed by atoms with Gasteiger partial charge in [0.15, 0.2) is 12.6 Å². The van der Waals surface area contributed by atoms with Crippen LogP contribution in [0.25, 0.3) is 10.4 Å². The molecule has 34 heavy (non-hydrogen) atoms. The number of carbonyl (C=O) groups is 2. The van der Waals surface area contributed by atoms with Gasteiger partial charge >= 0.3 is 0 Å². The van der Waals surface area contributed by atoms with Crippen LogP contribution in [0.2, 0.25) is 0 Å². The van der Waals surface area contributed by atoms with E-state index < -0.39 is 67.1 Å². The average molecular weight is 490 g/mol. The van der Waals surface area contributed by atoms with E-state index in [0.717, 1.165) is 0 Å². The number of carbonyl (C=O) groups excluding carboxylic acids is 2. The van der Waals surface area contributed by atoms with Crippen LogP contribution in [0.3, 0.4) is 0 Å². The number of aliphatic hydroxyl groups is 3. The Morgan fingerprint density at radius 2 is 1.97 bits per heavy atom. The van der Waals surface area contributed by atoms with E-state index in [1.807, 2.05) is 0 Å². The van der Waals surface area contributed by atoms with Crippen LogP contribution >= 0.6 is 0 Å². The van der Waals surface area contributed by atoms with Gasteiger partial charge in [-0.3, -0.25) is 0 Å². The third-order valence-corrected chi connectivity index (χ3v) is 5.81. The molecule has 0 bridgehead atoms. The van der Waals surface area contributed by atoms with Crippen LogP contribution in [0, 0.1) is 5.92 Å². The molecule has 15 heteroatoms. The standard InChI is InChI=1S/C19H33N5O10/c1-9-12(26)14(28)19(33-15(9)17(29)30)34-16-11(22-6-7-25)18(31-2)32-10(13(16)27)8-21-4-3-5-23-24-20/h7,9-16,18-19,21-22,26-28H,3-6,8H2,1-2H3,(H,29,30)/p-1. The van der Waals surface area contributed by atoms with E-state index in [1.165, 1.54) is 14.0 Å². The van der Waals surface area contributed by atoms with Gasteiger partial charge in [-0.2, -0.15) is 0 Å². The van der Waals surface area contributed by atoms with Crippen LogP contribution < -0.4 is 15.7 Å². The van der Waals surface area contributed by atoms with Crippen LogP contribution in [-0.2, 0) is 28.5 Å². The highest BCUT2D eigenvalue weighted by Crippen LogP contribution is 2.31. The Morgan fingerprint density at radius 1 is 1.24 bits per heavy atom. The Balaban J connectivity index is 2.17. The average Bonchev–Trinajstić information content (AvgIpc) is 2.82. The van der Waals surface area contributed by atoms with Crippen LogP contribution in [0.4, 0.5) is 0 Å². The van der Waals surface area contributed by atoms with Gasteiger partial charge in [-0.15, -0.1) is 0 Å². The van der Waals surface area contributed by atoms with Gasteiger partial charge < -0.3 is 59.6 Å². The van der Waals surface area contributed by atoms with Gasteiger partial charge in [0.25, 0.3) is 0 Å². The quantitative estimate of drug-likeness (QED) is 0.0554. The lowest BCUT2D eigenvalue weighted by atomic mass is 9.90. The first kappa shape index (κ1) is 28.3. The highest BCUT2D eigenvalue weighted by Gasteiger charge is 2.50.